The van der Waals surface area contributed by atoms with E-state index >= 15 is 0 Å². The highest BCUT2D eigenvalue weighted by Gasteiger charge is 2.26. The second-order valence-corrected chi connectivity index (χ2v) is 8.67. The van der Waals surface area contributed by atoms with Crippen molar-refractivity contribution in [3.8, 4) is 5.75 Å². The van der Waals surface area contributed by atoms with Gasteiger partial charge in [-0.2, -0.15) is 0 Å². The van der Waals surface area contributed by atoms with Gasteiger partial charge in [-0.1, -0.05) is 37.3 Å². The van der Waals surface area contributed by atoms with Gasteiger partial charge in [0.2, 0.25) is 0 Å². The molecule has 0 bridgehead atoms. The summed E-state index contributed by atoms with van der Waals surface area (Å²) >= 11 is 0. The smallest absolute Gasteiger partial charge is 0.252 e. The van der Waals surface area contributed by atoms with E-state index in [1.54, 1.807) is 18.1 Å². The van der Waals surface area contributed by atoms with Crippen molar-refractivity contribution in [1.29, 1.82) is 0 Å². The van der Waals surface area contributed by atoms with Crippen molar-refractivity contribution in [3.05, 3.63) is 106 Å². The van der Waals surface area contributed by atoms with Gasteiger partial charge >= 0.3 is 0 Å². The van der Waals surface area contributed by atoms with Gasteiger partial charge in [-0.05, 0) is 58.1 Å². The number of furan rings is 1. The summed E-state index contributed by atoms with van der Waals surface area (Å²) in [5.74, 6) is 2.20. The predicted molar refractivity (Wildman–Crippen MR) is 135 cm³/mol. The average molecular weight is 485 g/mol. The zero-order chi connectivity index (χ0) is 24.9. The number of methoxy groups -OCH3 is 1. The lowest BCUT2D eigenvalue weighted by molar-refractivity contribution is 0.161. The largest absolute Gasteiger partial charge is 0.497 e. The molecule has 0 unspecified atom stereocenters. The highest BCUT2D eigenvalue weighted by atomic mass is 16.5. The molecule has 184 valence electrons. The molecule has 9 heteroatoms. The summed E-state index contributed by atoms with van der Waals surface area (Å²) in [5, 5.41) is 13.5. The molecule has 3 heterocycles. The van der Waals surface area contributed by atoms with Gasteiger partial charge in [-0.3, -0.25) is 9.69 Å². The minimum absolute atomic E-state index is 0.124. The van der Waals surface area contributed by atoms with E-state index in [-0.39, 0.29) is 11.6 Å². The Labute approximate surface area is 208 Å². The fourth-order valence-electron chi connectivity index (χ4n) is 4.50. The first-order valence-corrected chi connectivity index (χ1v) is 11.9. The second-order valence-electron chi connectivity index (χ2n) is 8.67. The van der Waals surface area contributed by atoms with E-state index in [9.17, 15) is 4.79 Å². The molecular formula is C27H28N6O3. The van der Waals surface area contributed by atoms with Crippen LogP contribution < -0.4 is 10.3 Å². The van der Waals surface area contributed by atoms with Gasteiger partial charge in [-0.25, -0.2) is 4.68 Å². The SMILES string of the molecule is CC[C@H](c1nnnn1Cc1ccco1)N(Cc1ccccc1)Cc1cc2ccc(OC)cc2[nH]c1=O. The van der Waals surface area contributed by atoms with Crippen molar-refractivity contribution in [2.75, 3.05) is 7.11 Å². The summed E-state index contributed by atoms with van der Waals surface area (Å²) in [4.78, 5) is 18.4. The summed E-state index contributed by atoms with van der Waals surface area (Å²) < 4.78 is 12.6. The first kappa shape index (κ1) is 23.5. The van der Waals surface area contributed by atoms with E-state index in [2.05, 4.69) is 44.5 Å². The molecule has 2 aromatic carbocycles. The molecule has 0 aliphatic carbocycles. The van der Waals surface area contributed by atoms with Crippen LogP contribution in [-0.2, 0) is 19.6 Å². The van der Waals surface area contributed by atoms with Crippen molar-refractivity contribution in [2.24, 2.45) is 0 Å². The Kier molecular flexibility index (Phi) is 6.90. The number of benzene rings is 2. The summed E-state index contributed by atoms with van der Waals surface area (Å²) in [7, 11) is 1.61. The van der Waals surface area contributed by atoms with Crippen molar-refractivity contribution < 1.29 is 9.15 Å². The molecule has 3 aromatic heterocycles. The van der Waals surface area contributed by atoms with E-state index in [4.69, 9.17) is 9.15 Å². The predicted octanol–water partition coefficient (Wildman–Crippen LogP) is 4.32. The number of aromatic nitrogens is 5. The third-order valence-corrected chi connectivity index (χ3v) is 6.30. The van der Waals surface area contributed by atoms with Crippen LogP contribution in [0.15, 0.2) is 82.2 Å². The van der Waals surface area contributed by atoms with Gasteiger partial charge in [0.05, 0.1) is 24.9 Å². The minimum atomic E-state index is -0.126. The summed E-state index contributed by atoms with van der Waals surface area (Å²) in [5.41, 5.74) is 2.43. The maximum absolute atomic E-state index is 13.1. The second kappa shape index (κ2) is 10.6. The molecule has 0 spiro atoms. The van der Waals surface area contributed by atoms with Crippen LogP contribution in [0.4, 0.5) is 0 Å². The summed E-state index contributed by atoms with van der Waals surface area (Å²) in [6.45, 7) is 3.60. The lowest BCUT2D eigenvalue weighted by Gasteiger charge is -2.30. The van der Waals surface area contributed by atoms with Gasteiger partial charge in [0.15, 0.2) is 5.82 Å². The highest BCUT2D eigenvalue weighted by Crippen LogP contribution is 2.27. The quantitative estimate of drug-likeness (QED) is 0.315. The Morgan fingerprint density at radius 2 is 1.94 bits per heavy atom. The lowest BCUT2D eigenvalue weighted by atomic mass is 10.1. The lowest BCUT2D eigenvalue weighted by Crippen LogP contribution is -2.32. The van der Waals surface area contributed by atoms with Gasteiger partial charge < -0.3 is 14.1 Å². The number of nitrogens with zero attached hydrogens (tertiary/aromatic N) is 5. The number of fused-ring (bicyclic) bond motifs is 1. The van der Waals surface area contributed by atoms with Crippen LogP contribution in [0, 0.1) is 0 Å². The van der Waals surface area contributed by atoms with Gasteiger partial charge in [0.1, 0.15) is 18.1 Å². The number of tetrazole rings is 1. The van der Waals surface area contributed by atoms with Gasteiger partial charge in [0, 0.05) is 24.7 Å². The zero-order valence-electron chi connectivity index (χ0n) is 20.3. The Hall–Kier alpha value is -4.24. The Bertz CT molecular complexity index is 1480. The van der Waals surface area contributed by atoms with Crippen LogP contribution in [0.5, 0.6) is 5.75 Å². The molecule has 0 aliphatic rings. The topological polar surface area (TPSA) is 102 Å². The number of rotatable bonds is 10. The standard InChI is InChI=1S/C27H28N6O3/c1-3-25(26-29-30-31-33(26)18-23-10-7-13-36-23)32(16-19-8-5-4-6-9-19)17-21-14-20-11-12-22(35-2)15-24(20)28-27(21)34/h4-15,25H,3,16-18H2,1-2H3,(H,28,34)/t25-/m1/s1. The Balaban J connectivity index is 1.51. The Morgan fingerprint density at radius 1 is 1.08 bits per heavy atom. The van der Waals surface area contributed by atoms with E-state index in [0.29, 0.717) is 30.9 Å². The molecule has 5 rings (SSSR count). The number of aromatic amines is 1. The summed E-state index contributed by atoms with van der Waals surface area (Å²) in [6.07, 6.45) is 2.40. The van der Waals surface area contributed by atoms with E-state index < -0.39 is 0 Å². The molecule has 1 N–H and O–H groups in total. The van der Waals surface area contributed by atoms with Gasteiger partial charge in [-0.15, -0.1) is 5.10 Å². The van der Waals surface area contributed by atoms with Crippen LogP contribution in [0.1, 0.15) is 42.1 Å². The average Bonchev–Trinajstić information content (AvgIpc) is 3.58. The molecular weight excluding hydrogens is 456 g/mol. The highest BCUT2D eigenvalue weighted by molar-refractivity contribution is 5.80. The third kappa shape index (κ3) is 5.06. The maximum atomic E-state index is 13.1. The molecule has 1 atom stereocenters. The molecule has 0 saturated carbocycles. The van der Waals surface area contributed by atoms with Crippen molar-refractivity contribution in [3.63, 3.8) is 0 Å². The van der Waals surface area contributed by atoms with Crippen LogP contribution in [0.3, 0.4) is 0 Å². The number of ether oxygens (including phenoxy) is 1. The molecule has 0 fully saturated rings. The number of pyridine rings is 1. The van der Waals surface area contributed by atoms with Gasteiger partial charge in [0.25, 0.3) is 5.56 Å². The minimum Gasteiger partial charge on any atom is -0.497 e. The third-order valence-electron chi connectivity index (χ3n) is 6.30. The van der Waals surface area contributed by atoms with Crippen LogP contribution >= 0.6 is 0 Å². The van der Waals surface area contributed by atoms with Crippen LogP contribution in [-0.4, -0.2) is 37.2 Å². The molecule has 0 amide bonds. The first-order valence-electron chi connectivity index (χ1n) is 11.9. The number of hydrogen-bond donors (Lipinski definition) is 1. The van der Waals surface area contributed by atoms with E-state index in [1.807, 2.05) is 54.6 Å². The maximum Gasteiger partial charge on any atom is 0.252 e. The molecule has 5 aromatic rings. The first-order chi connectivity index (χ1) is 17.6. The molecule has 0 aliphatic heterocycles. The van der Waals surface area contributed by atoms with Crippen molar-refractivity contribution >= 4 is 10.9 Å². The monoisotopic (exact) mass is 484 g/mol. The van der Waals surface area contributed by atoms with E-state index in [1.165, 1.54) is 0 Å². The van der Waals surface area contributed by atoms with Crippen molar-refractivity contribution in [1.82, 2.24) is 30.1 Å². The normalized spacial score (nSPS) is 12.3. The molecule has 9 nitrogen and oxygen atoms in total. The van der Waals surface area contributed by atoms with Crippen molar-refractivity contribution in [2.45, 2.75) is 39.0 Å². The number of hydrogen-bond acceptors (Lipinski definition) is 7. The zero-order valence-corrected chi connectivity index (χ0v) is 20.3. The van der Waals surface area contributed by atoms with Crippen LogP contribution in [0.2, 0.25) is 0 Å². The molecule has 0 saturated heterocycles. The van der Waals surface area contributed by atoms with E-state index in [0.717, 1.165) is 34.5 Å². The molecule has 36 heavy (non-hydrogen) atoms. The Morgan fingerprint density at radius 3 is 2.69 bits per heavy atom. The number of H-pyrrole nitrogens is 1. The summed E-state index contributed by atoms with van der Waals surface area (Å²) in [6, 6.07) is 21.5. The molecule has 0 radical (unpaired) electrons. The fourth-order valence-corrected chi connectivity index (χ4v) is 4.50. The fraction of sp³-hybridized carbons (Fsp3) is 0.259. The van der Waals surface area contributed by atoms with Crippen LogP contribution in [0.25, 0.3) is 10.9 Å². The number of nitrogens with one attached hydrogen (secondary N) is 1.